The van der Waals surface area contributed by atoms with Crippen LogP contribution in [0, 0.1) is 0 Å². The minimum atomic E-state index is 0.916. The number of imidazole rings is 1. The standard InChI is InChI=1S/C37H24N4/c1-3-7-33-31(5-1)32-6-2-4-8-34(32)36-35(33)40-37(29-11-9-25(10-12-29)27-17-21-38-22-18-27)41(36)30-15-13-26(14-16-30)28-19-23-39-24-20-28/h1-24H. The Kier molecular flexibility index (Phi) is 5.42. The zero-order valence-electron chi connectivity index (χ0n) is 22.1. The summed E-state index contributed by atoms with van der Waals surface area (Å²) in [5.41, 5.74) is 8.84. The average molecular weight is 525 g/mol. The van der Waals surface area contributed by atoms with E-state index in [1.54, 1.807) is 0 Å². The summed E-state index contributed by atoms with van der Waals surface area (Å²) >= 11 is 0. The highest BCUT2D eigenvalue weighted by Gasteiger charge is 2.20. The molecule has 0 aliphatic rings. The molecule has 0 N–H and O–H groups in total. The van der Waals surface area contributed by atoms with E-state index >= 15 is 0 Å². The molecule has 41 heavy (non-hydrogen) atoms. The van der Waals surface area contributed by atoms with E-state index in [1.807, 2.05) is 49.1 Å². The van der Waals surface area contributed by atoms with Crippen molar-refractivity contribution < 1.29 is 0 Å². The van der Waals surface area contributed by atoms with Gasteiger partial charge in [0.2, 0.25) is 0 Å². The first-order valence-electron chi connectivity index (χ1n) is 13.7. The van der Waals surface area contributed by atoms with Crippen molar-refractivity contribution in [1.29, 1.82) is 0 Å². The fourth-order valence-corrected chi connectivity index (χ4v) is 5.85. The first-order chi connectivity index (χ1) is 20.3. The number of pyridine rings is 2. The maximum Gasteiger partial charge on any atom is 0.145 e. The van der Waals surface area contributed by atoms with E-state index in [2.05, 4.69) is 112 Å². The zero-order valence-corrected chi connectivity index (χ0v) is 22.1. The molecule has 0 bridgehead atoms. The normalized spacial score (nSPS) is 11.4. The second kappa shape index (κ2) is 9.54. The lowest BCUT2D eigenvalue weighted by atomic mass is 10.00. The molecule has 0 radical (unpaired) electrons. The summed E-state index contributed by atoms with van der Waals surface area (Å²) in [6.07, 6.45) is 7.32. The van der Waals surface area contributed by atoms with Crippen LogP contribution in [0.15, 0.2) is 146 Å². The lowest BCUT2D eigenvalue weighted by Crippen LogP contribution is -1.98. The summed E-state index contributed by atoms with van der Waals surface area (Å²) in [5.74, 6) is 0.916. The molecule has 8 rings (SSSR count). The first-order valence-corrected chi connectivity index (χ1v) is 13.7. The quantitative estimate of drug-likeness (QED) is 0.216. The summed E-state index contributed by atoms with van der Waals surface area (Å²) in [4.78, 5) is 13.7. The topological polar surface area (TPSA) is 43.6 Å². The number of fused-ring (bicyclic) bond motifs is 6. The highest BCUT2D eigenvalue weighted by atomic mass is 15.1. The molecular weight excluding hydrogens is 500 g/mol. The number of hydrogen-bond donors (Lipinski definition) is 0. The summed E-state index contributed by atoms with van der Waals surface area (Å²) in [6, 6.07) is 42.8. The Morgan fingerprint density at radius 2 is 0.829 bits per heavy atom. The Morgan fingerprint density at radius 3 is 1.41 bits per heavy atom. The molecular formula is C37H24N4. The molecule has 8 aromatic rings. The Bertz CT molecular complexity index is 2160. The van der Waals surface area contributed by atoms with Crippen LogP contribution < -0.4 is 0 Å². The van der Waals surface area contributed by atoms with Crippen molar-refractivity contribution in [2.24, 2.45) is 0 Å². The van der Waals surface area contributed by atoms with Crippen molar-refractivity contribution in [2.75, 3.05) is 0 Å². The molecule has 5 aromatic carbocycles. The molecule has 0 unspecified atom stereocenters. The summed E-state index contributed by atoms with van der Waals surface area (Å²) < 4.78 is 2.32. The lowest BCUT2D eigenvalue weighted by molar-refractivity contribution is 1.11. The SMILES string of the molecule is c1ccc2c(c1)c1ccccc1c1c2nc(-c2ccc(-c3ccncc3)cc2)n1-c1ccc(-c2ccncc2)cc1. The van der Waals surface area contributed by atoms with Gasteiger partial charge in [0.1, 0.15) is 5.82 Å². The molecule has 0 atom stereocenters. The van der Waals surface area contributed by atoms with E-state index in [0.29, 0.717) is 0 Å². The summed E-state index contributed by atoms with van der Waals surface area (Å²) in [6.45, 7) is 0. The van der Waals surface area contributed by atoms with Gasteiger partial charge < -0.3 is 0 Å². The second-order valence-electron chi connectivity index (χ2n) is 10.2. The number of rotatable bonds is 4. The fourth-order valence-electron chi connectivity index (χ4n) is 5.85. The third-order valence-corrected chi connectivity index (χ3v) is 7.83. The Labute approximate surface area is 237 Å². The fraction of sp³-hybridized carbons (Fsp3) is 0. The van der Waals surface area contributed by atoms with Gasteiger partial charge in [-0.3, -0.25) is 14.5 Å². The monoisotopic (exact) mass is 524 g/mol. The molecule has 4 nitrogen and oxygen atoms in total. The van der Waals surface area contributed by atoms with Gasteiger partial charge in [0.25, 0.3) is 0 Å². The van der Waals surface area contributed by atoms with Crippen molar-refractivity contribution in [1.82, 2.24) is 19.5 Å². The molecule has 0 saturated heterocycles. The molecule has 3 heterocycles. The molecule has 0 fully saturated rings. The zero-order chi connectivity index (χ0) is 27.2. The predicted molar refractivity (Wildman–Crippen MR) is 168 cm³/mol. The number of nitrogens with zero attached hydrogens (tertiary/aromatic N) is 4. The average Bonchev–Trinajstić information content (AvgIpc) is 3.47. The smallest absolute Gasteiger partial charge is 0.145 e. The molecule has 0 amide bonds. The van der Waals surface area contributed by atoms with E-state index in [0.717, 1.165) is 55.7 Å². The summed E-state index contributed by atoms with van der Waals surface area (Å²) in [7, 11) is 0. The van der Waals surface area contributed by atoms with Gasteiger partial charge in [-0.05, 0) is 69.4 Å². The van der Waals surface area contributed by atoms with Gasteiger partial charge in [-0.25, -0.2) is 4.98 Å². The molecule has 0 spiro atoms. The van der Waals surface area contributed by atoms with Gasteiger partial charge in [-0.15, -0.1) is 0 Å². The van der Waals surface area contributed by atoms with Crippen LogP contribution in [0.5, 0.6) is 0 Å². The van der Waals surface area contributed by atoms with E-state index in [-0.39, 0.29) is 0 Å². The number of benzene rings is 5. The Morgan fingerprint density at radius 1 is 0.390 bits per heavy atom. The third kappa shape index (κ3) is 3.88. The van der Waals surface area contributed by atoms with Crippen molar-refractivity contribution >= 4 is 32.6 Å². The van der Waals surface area contributed by atoms with Gasteiger partial charge in [0.05, 0.1) is 11.0 Å². The van der Waals surface area contributed by atoms with Crippen LogP contribution in [-0.4, -0.2) is 19.5 Å². The molecule has 192 valence electrons. The third-order valence-electron chi connectivity index (χ3n) is 7.83. The largest absolute Gasteiger partial charge is 0.292 e. The highest BCUT2D eigenvalue weighted by molar-refractivity contribution is 6.24. The van der Waals surface area contributed by atoms with E-state index in [4.69, 9.17) is 4.98 Å². The van der Waals surface area contributed by atoms with Crippen LogP contribution in [0.1, 0.15) is 0 Å². The van der Waals surface area contributed by atoms with E-state index in [9.17, 15) is 0 Å². The van der Waals surface area contributed by atoms with Crippen molar-refractivity contribution in [2.45, 2.75) is 0 Å². The minimum Gasteiger partial charge on any atom is -0.292 e. The molecule has 0 saturated carbocycles. The van der Waals surface area contributed by atoms with Crippen LogP contribution in [0.4, 0.5) is 0 Å². The lowest BCUT2D eigenvalue weighted by Gasteiger charge is -2.13. The molecule has 4 heteroatoms. The van der Waals surface area contributed by atoms with Crippen LogP contribution in [-0.2, 0) is 0 Å². The van der Waals surface area contributed by atoms with E-state index in [1.165, 1.54) is 16.2 Å². The van der Waals surface area contributed by atoms with Gasteiger partial charge in [-0.2, -0.15) is 0 Å². The Hall–Kier alpha value is -5.61. The maximum absolute atomic E-state index is 5.37. The van der Waals surface area contributed by atoms with Crippen molar-refractivity contribution in [3.8, 4) is 39.3 Å². The van der Waals surface area contributed by atoms with Crippen LogP contribution in [0.2, 0.25) is 0 Å². The van der Waals surface area contributed by atoms with Crippen LogP contribution in [0.3, 0.4) is 0 Å². The van der Waals surface area contributed by atoms with Gasteiger partial charge in [-0.1, -0.05) is 84.9 Å². The molecule has 3 aromatic heterocycles. The maximum atomic E-state index is 5.37. The first kappa shape index (κ1) is 23.3. The molecule has 0 aliphatic heterocycles. The number of aromatic nitrogens is 4. The second-order valence-corrected chi connectivity index (χ2v) is 10.2. The summed E-state index contributed by atoms with van der Waals surface area (Å²) in [5, 5.41) is 4.78. The predicted octanol–water partition coefficient (Wildman–Crippen LogP) is 9.12. The highest BCUT2D eigenvalue weighted by Crippen LogP contribution is 2.39. The van der Waals surface area contributed by atoms with E-state index < -0.39 is 0 Å². The minimum absolute atomic E-state index is 0.916. The van der Waals surface area contributed by atoms with Crippen LogP contribution in [0.25, 0.3) is 71.9 Å². The van der Waals surface area contributed by atoms with Crippen LogP contribution >= 0.6 is 0 Å². The van der Waals surface area contributed by atoms with Gasteiger partial charge >= 0.3 is 0 Å². The van der Waals surface area contributed by atoms with Crippen molar-refractivity contribution in [3.05, 3.63) is 146 Å². The van der Waals surface area contributed by atoms with Gasteiger partial charge in [0.15, 0.2) is 0 Å². The number of hydrogen-bond acceptors (Lipinski definition) is 3. The molecule has 0 aliphatic carbocycles. The Balaban J connectivity index is 1.40. The van der Waals surface area contributed by atoms with Crippen molar-refractivity contribution in [3.63, 3.8) is 0 Å². The van der Waals surface area contributed by atoms with Gasteiger partial charge in [0, 0.05) is 46.8 Å².